The molecule has 0 aliphatic carbocycles. The summed E-state index contributed by atoms with van der Waals surface area (Å²) in [6.07, 6.45) is -9.92. The van der Waals surface area contributed by atoms with Crippen LogP contribution in [0, 0.1) is 0 Å². The van der Waals surface area contributed by atoms with Crippen LogP contribution >= 0.6 is 11.3 Å². The highest BCUT2D eigenvalue weighted by Gasteiger charge is 2.61. The Kier molecular flexibility index (Phi) is 5.54. The zero-order valence-corrected chi connectivity index (χ0v) is 16.7. The van der Waals surface area contributed by atoms with Gasteiger partial charge in [-0.3, -0.25) is 5.11 Å². The Labute approximate surface area is 177 Å². The van der Waals surface area contributed by atoms with Crippen molar-refractivity contribution in [2.45, 2.75) is 31.2 Å². The van der Waals surface area contributed by atoms with Crippen LogP contribution in [-0.4, -0.2) is 36.5 Å². The van der Waals surface area contributed by atoms with E-state index in [4.69, 9.17) is 4.74 Å². The second-order valence-electron chi connectivity index (χ2n) is 7.04. The number of benzene rings is 2. The van der Waals surface area contributed by atoms with Gasteiger partial charge in [-0.05, 0) is 30.3 Å². The van der Waals surface area contributed by atoms with Crippen LogP contribution in [-0.2, 0) is 5.11 Å². The van der Waals surface area contributed by atoms with Gasteiger partial charge in [0.15, 0.2) is 0 Å². The van der Waals surface area contributed by atoms with Crippen LogP contribution in [0.1, 0.15) is 12.8 Å². The number of halogens is 5. The van der Waals surface area contributed by atoms with Gasteiger partial charge in [0.05, 0.1) is 10.2 Å². The van der Waals surface area contributed by atoms with Gasteiger partial charge in [-0.15, -0.1) is 11.3 Å². The molecule has 0 amide bonds. The maximum absolute atomic E-state index is 13.0. The summed E-state index contributed by atoms with van der Waals surface area (Å²) in [5.41, 5.74) is 2.93. The van der Waals surface area contributed by atoms with E-state index >= 15 is 0 Å². The molecular formula is C20H16F5N2O3S. The third-order valence-electron chi connectivity index (χ3n) is 4.90. The molecule has 0 saturated carbocycles. The lowest BCUT2D eigenvalue weighted by atomic mass is 10.1. The third-order valence-corrected chi connectivity index (χ3v) is 5.67. The Morgan fingerprint density at radius 1 is 1.00 bits per heavy atom. The zero-order chi connectivity index (χ0) is 22.2. The SMILES string of the molecule is [O]c1cc(N2CCC(Oc3ccc(OC(F)(F)C(F)(F)F)cc3)CC2)cc2scnc12. The van der Waals surface area contributed by atoms with Crippen LogP contribution in [0.5, 0.6) is 17.2 Å². The molecule has 0 unspecified atom stereocenters. The zero-order valence-electron chi connectivity index (χ0n) is 15.9. The molecule has 2 aromatic carbocycles. The van der Waals surface area contributed by atoms with Crippen molar-refractivity contribution in [3.63, 3.8) is 0 Å². The van der Waals surface area contributed by atoms with Crippen molar-refractivity contribution < 1.29 is 36.5 Å². The van der Waals surface area contributed by atoms with Gasteiger partial charge in [0, 0.05) is 37.7 Å². The van der Waals surface area contributed by atoms with Crippen LogP contribution in [0.3, 0.4) is 0 Å². The van der Waals surface area contributed by atoms with E-state index in [1.165, 1.54) is 23.5 Å². The second-order valence-corrected chi connectivity index (χ2v) is 7.92. The van der Waals surface area contributed by atoms with Crippen LogP contribution < -0.4 is 14.4 Å². The molecule has 4 rings (SSSR count). The van der Waals surface area contributed by atoms with Gasteiger partial charge >= 0.3 is 12.3 Å². The number of hydrogen-bond acceptors (Lipinski definition) is 5. The molecule has 0 atom stereocenters. The fourth-order valence-electron chi connectivity index (χ4n) is 3.32. The molecule has 1 fully saturated rings. The highest BCUT2D eigenvalue weighted by molar-refractivity contribution is 7.16. The van der Waals surface area contributed by atoms with Crippen molar-refractivity contribution in [2.24, 2.45) is 0 Å². The van der Waals surface area contributed by atoms with Gasteiger partial charge in [0.25, 0.3) is 0 Å². The second kappa shape index (κ2) is 8.03. The quantitative estimate of drug-likeness (QED) is 0.438. The molecule has 31 heavy (non-hydrogen) atoms. The lowest BCUT2D eigenvalue weighted by Gasteiger charge is -2.33. The van der Waals surface area contributed by atoms with Gasteiger partial charge in [-0.2, -0.15) is 22.0 Å². The van der Waals surface area contributed by atoms with Crippen molar-refractivity contribution in [2.75, 3.05) is 18.0 Å². The van der Waals surface area contributed by atoms with E-state index in [-0.39, 0.29) is 11.9 Å². The van der Waals surface area contributed by atoms with Crippen molar-refractivity contribution >= 4 is 27.2 Å². The average Bonchev–Trinajstić information content (AvgIpc) is 3.18. The van der Waals surface area contributed by atoms with Crippen molar-refractivity contribution in [3.8, 4) is 17.2 Å². The Morgan fingerprint density at radius 3 is 2.29 bits per heavy atom. The Morgan fingerprint density at radius 2 is 1.65 bits per heavy atom. The number of aromatic nitrogens is 1. The Balaban J connectivity index is 1.33. The minimum atomic E-state index is -5.80. The van der Waals surface area contributed by atoms with Gasteiger partial charge in [-0.1, -0.05) is 0 Å². The molecule has 1 aliphatic heterocycles. The maximum atomic E-state index is 13.0. The number of piperidine rings is 1. The summed E-state index contributed by atoms with van der Waals surface area (Å²) in [5, 5.41) is 12.2. The molecule has 1 aromatic heterocycles. The summed E-state index contributed by atoms with van der Waals surface area (Å²) in [7, 11) is 0. The van der Waals surface area contributed by atoms with Gasteiger partial charge in [0.1, 0.15) is 23.1 Å². The summed E-state index contributed by atoms with van der Waals surface area (Å²) < 4.78 is 73.0. The van der Waals surface area contributed by atoms with Crippen LogP contribution in [0.2, 0.25) is 0 Å². The number of hydrogen-bond donors (Lipinski definition) is 0. The largest absolute Gasteiger partial charge is 0.499 e. The van der Waals surface area contributed by atoms with E-state index in [9.17, 15) is 27.1 Å². The smallest absolute Gasteiger partial charge is 0.490 e. The molecule has 3 aromatic rings. The van der Waals surface area contributed by atoms with Crippen molar-refractivity contribution in [3.05, 3.63) is 41.9 Å². The number of ether oxygens (including phenoxy) is 2. The van der Waals surface area contributed by atoms with Gasteiger partial charge < -0.3 is 14.4 Å². The first kappa shape index (κ1) is 21.4. The molecule has 11 heteroatoms. The summed E-state index contributed by atoms with van der Waals surface area (Å²) >= 11 is 1.41. The summed E-state index contributed by atoms with van der Waals surface area (Å²) in [6, 6.07) is 8.09. The Bertz CT molecular complexity index is 1050. The number of nitrogens with zero attached hydrogens (tertiary/aromatic N) is 2. The molecule has 5 nitrogen and oxygen atoms in total. The number of rotatable bonds is 5. The fourth-order valence-corrected chi connectivity index (χ4v) is 4.05. The van der Waals surface area contributed by atoms with E-state index in [0.29, 0.717) is 37.2 Å². The fraction of sp³-hybridized carbons (Fsp3) is 0.350. The highest BCUT2D eigenvalue weighted by atomic mass is 32.1. The lowest BCUT2D eigenvalue weighted by Crippen LogP contribution is -2.41. The molecule has 0 spiro atoms. The first-order chi connectivity index (χ1) is 14.6. The topological polar surface area (TPSA) is 54.5 Å². The van der Waals surface area contributed by atoms with Crippen LogP contribution in [0.15, 0.2) is 41.9 Å². The molecule has 0 N–H and O–H groups in total. The molecule has 1 aliphatic rings. The molecule has 2 heterocycles. The van der Waals surface area contributed by atoms with E-state index < -0.39 is 18.0 Å². The minimum Gasteiger partial charge on any atom is -0.490 e. The molecule has 1 saturated heterocycles. The van der Waals surface area contributed by atoms with E-state index in [1.807, 2.05) is 6.07 Å². The lowest BCUT2D eigenvalue weighted by molar-refractivity contribution is -0.360. The number of thiazole rings is 1. The minimum absolute atomic E-state index is 0.120. The number of anilines is 1. The van der Waals surface area contributed by atoms with Crippen LogP contribution in [0.4, 0.5) is 27.6 Å². The number of alkyl halides is 5. The summed E-state index contributed by atoms with van der Waals surface area (Å²) in [6.45, 7) is 1.29. The first-order valence-electron chi connectivity index (χ1n) is 9.32. The maximum Gasteiger partial charge on any atom is 0.499 e. The average molecular weight is 459 g/mol. The highest BCUT2D eigenvalue weighted by Crippen LogP contribution is 2.38. The molecule has 0 bridgehead atoms. The van der Waals surface area contributed by atoms with E-state index in [1.54, 1.807) is 11.6 Å². The predicted molar refractivity (Wildman–Crippen MR) is 104 cm³/mol. The Hall–Kier alpha value is -2.82. The van der Waals surface area contributed by atoms with Crippen molar-refractivity contribution in [1.29, 1.82) is 0 Å². The predicted octanol–water partition coefficient (Wildman–Crippen LogP) is 6.02. The number of fused-ring (bicyclic) bond motifs is 1. The van der Waals surface area contributed by atoms with E-state index in [0.717, 1.165) is 22.5 Å². The standard InChI is InChI=1S/C20H16F5N2O3S/c21-19(22,23)20(24,25)30-15-3-1-13(2-4-15)29-14-5-7-27(8-6-14)12-9-16(28)18-17(10-12)31-11-26-18/h1-4,9-11,14H,5-8H2. The van der Waals surface area contributed by atoms with Crippen molar-refractivity contribution in [1.82, 2.24) is 4.98 Å². The van der Waals surface area contributed by atoms with Gasteiger partial charge in [0.2, 0.25) is 5.75 Å². The monoisotopic (exact) mass is 459 g/mol. The summed E-state index contributed by atoms with van der Waals surface area (Å²) in [5.74, 6) is -0.393. The molecular weight excluding hydrogens is 443 g/mol. The molecule has 165 valence electrons. The first-order valence-corrected chi connectivity index (χ1v) is 10.2. The summed E-state index contributed by atoms with van der Waals surface area (Å²) in [4.78, 5) is 6.14. The normalized spacial score (nSPS) is 16.0. The molecule has 1 radical (unpaired) electrons. The third kappa shape index (κ3) is 4.60. The van der Waals surface area contributed by atoms with Gasteiger partial charge in [-0.25, -0.2) is 4.98 Å². The van der Waals surface area contributed by atoms with E-state index in [2.05, 4.69) is 14.6 Å². The van der Waals surface area contributed by atoms with Crippen LogP contribution in [0.25, 0.3) is 10.2 Å².